The van der Waals surface area contributed by atoms with Gasteiger partial charge in [0.25, 0.3) is 0 Å². The Balaban J connectivity index is 1.98. The van der Waals surface area contributed by atoms with Crippen LogP contribution in [0.25, 0.3) is 0 Å². The maximum atomic E-state index is 13.4. The van der Waals surface area contributed by atoms with Gasteiger partial charge in [0.1, 0.15) is 0 Å². The van der Waals surface area contributed by atoms with E-state index >= 15 is 0 Å². The van der Waals surface area contributed by atoms with Crippen LogP contribution in [0.1, 0.15) is 33.1 Å². The van der Waals surface area contributed by atoms with Crippen LogP contribution in [0.2, 0.25) is 0 Å². The highest BCUT2D eigenvalue weighted by Gasteiger charge is 2.58. The van der Waals surface area contributed by atoms with Crippen molar-refractivity contribution < 1.29 is 31.1 Å². The minimum atomic E-state index is -4.40. The van der Waals surface area contributed by atoms with Crippen molar-refractivity contribution >= 4 is 0 Å². The lowest BCUT2D eigenvalue weighted by molar-refractivity contribution is -0.254. The van der Waals surface area contributed by atoms with Gasteiger partial charge in [0.15, 0.2) is 6.10 Å². The smallest absolute Gasteiger partial charge is 0.367 e. The van der Waals surface area contributed by atoms with E-state index in [1.165, 1.54) is 0 Å². The fourth-order valence-electron chi connectivity index (χ4n) is 3.57. The summed E-state index contributed by atoms with van der Waals surface area (Å²) in [5.74, 6) is -0.544. The van der Waals surface area contributed by atoms with Crippen LogP contribution in [-0.4, -0.2) is 49.1 Å². The summed E-state index contributed by atoms with van der Waals surface area (Å²) < 4.78 is 82.7. The van der Waals surface area contributed by atoms with Crippen LogP contribution in [0.15, 0.2) is 0 Å². The van der Waals surface area contributed by atoms with Crippen LogP contribution >= 0.6 is 0 Å². The molecule has 2 atom stereocenters. The van der Waals surface area contributed by atoms with E-state index in [9.17, 15) is 26.3 Å². The second-order valence-corrected chi connectivity index (χ2v) is 6.60. The zero-order chi connectivity index (χ0) is 16.8. The average Bonchev–Trinajstić information content (AvgIpc) is 2.86. The van der Waals surface area contributed by atoms with Gasteiger partial charge in [-0.15, -0.1) is 0 Å². The van der Waals surface area contributed by atoms with Crippen molar-refractivity contribution in [1.29, 1.82) is 0 Å². The number of piperidine rings is 1. The zero-order valence-corrected chi connectivity index (χ0v) is 12.6. The van der Waals surface area contributed by atoms with Crippen LogP contribution < -0.4 is 0 Å². The Labute approximate surface area is 125 Å². The van der Waals surface area contributed by atoms with E-state index in [1.807, 2.05) is 0 Å². The molecule has 22 heavy (non-hydrogen) atoms. The third-order valence-corrected chi connectivity index (χ3v) is 5.22. The highest BCUT2D eigenvalue weighted by molar-refractivity contribution is 4.96. The number of hydrogen-bond acceptors (Lipinski definition) is 2. The Kier molecular flexibility index (Phi) is 4.75. The van der Waals surface area contributed by atoms with Gasteiger partial charge in [-0.1, -0.05) is 13.8 Å². The van der Waals surface area contributed by atoms with Crippen molar-refractivity contribution in [3.63, 3.8) is 0 Å². The van der Waals surface area contributed by atoms with Crippen LogP contribution in [-0.2, 0) is 4.74 Å². The third kappa shape index (κ3) is 3.22. The van der Waals surface area contributed by atoms with Crippen LogP contribution in [0, 0.1) is 11.3 Å². The largest absolute Gasteiger partial charge is 0.414 e. The van der Waals surface area contributed by atoms with E-state index in [0.717, 1.165) is 0 Å². The second-order valence-electron chi connectivity index (χ2n) is 6.60. The first kappa shape index (κ1) is 17.8. The summed E-state index contributed by atoms with van der Waals surface area (Å²) in [6, 6.07) is -0.440. The zero-order valence-electron chi connectivity index (χ0n) is 12.6. The maximum Gasteiger partial charge on any atom is 0.414 e. The normalized spacial score (nSPS) is 31.0. The number of rotatable bonds is 2. The molecule has 2 unspecified atom stereocenters. The van der Waals surface area contributed by atoms with Crippen LogP contribution in [0.5, 0.6) is 0 Å². The molecule has 2 heterocycles. The molecule has 0 aromatic carbocycles. The molecule has 2 saturated heterocycles. The van der Waals surface area contributed by atoms with E-state index in [2.05, 4.69) is 0 Å². The summed E-state index contributed by atoms with van der Waals surface area (Å²) >= 11 is 0. The van der Waals surface area contributed by atoms with E-state index in [0.29, 0.717) is 0 Å². The summed E-state index contributed by atoms with van der Waals surface area (Å²) in [4.78, 5) is 1.72. The monoisotopic (exact) mass is 333 g/mol. The van der Waals surface area contributed by atoms with Crippen molar-refractivity contribution in [2.45, 2.75) is 57.6 Å². The summed E-state index contributed by atoms with van der Waals surface area (Å²) in [5.41, 5.74) is -1.73. The van der Waals surface area contributed by atoms with Gasteiger partial charge in [-0.2, -0.15) is 26.3 Å². The number of alkyl halides is 6. The molecule has 2 aliphatic rings. The molecular formula is C14H21F6NO. The van der Waals surface area contributed by atoms with Crippen molar-refractivity contribution in [2.24, 2.45) is 11.3 Å². The molecule has 0 amide bonds. The van der Waals surface area contributed by atoms with Gasteiger partial charge in [0, 0.05) is 12.5 Å². The molecule has 0 bridgehead atoms. The maximum absolute atomic E-state index is 13.4. The lowest BCUT2D eigenvalue weighted by Crippen LogP contribution is -2.53. The quantitative estimate of drug-likeness (QED) is 0.708. The van der Waals surface area contributed by atoms with Gasteiger partial charge in [-0.3, -0.25) is 4.90 Å². The third-order valence-electron chi connectivity index (χ3n) is 5.22. The topological polar surface area (TPSA) is 12.5 Å². The van der Waals surface area contributed by atoms with Gasteiger partial charge in [-0.05, 0) is 31.8 Å². The first-order valence-corrected chi connectivity index (χ1v) is 7.46. The standard InChI is InChI=1S/C14H21F6NO/c1-9(2)12(14(18,19)20)3-5-21(6-4-12)10-7-11(22-8-10)13(15,16)17/h9-11H,3-8H2,1-2H3. The lowest BCUT2D eigenvalue weighted by atomic mass is 9.69. The molecule has 2 rings (SSSR count). The highest BCUT2D eigenvalue weighted by atomic mass is 19.4. The number of halogens is 6. The van der Waals surface area contributed by atoms with E-state index in [4.69, 9.17) is 4.74 Å². The molecule has 0 aromatic rings. The molecule has 0 N–H and O–H groups in total. The first-order valence-electron chi connectivity index (χ1n) is 7.46. The molecule has 0 radical (unpaired) electrons. The van der Waals surface area contributed by atoms with Crippen molar-refractivity contribution in [3.05, 3.63) is 0 Å². The summed E-state index contributed by atoms with van der Waals surface area (Å²) in [6.07, 6.45) is -10.8. The number of nitrogens with zero attached hydrogens (tertiary/aromatic N) is 1. The molecule has 2 nitrogen and oxygen atoms in total. The van der Waals surface area contributed by atoms with Gasteiger partial charge >= 0.3 is 12.4 Å². The molecule has 0 aromatic heterocycles. The van der Waals surface area contributed by atoms with Crippen molar-refractivity contribution in [1.82, 2.24) is 4.90 Å². The Morgan fingerprint density at radius 1 is 1.05 bits per heavy atom. The second kappa shape index (κ2) is 5.85. The molecule has 0 aliphatic carbocycles. The predicted octanol–water partition coefficient (Wildman–Crippen LogP) is 4.01. The molecule has 0 spiro atoms. The average molecular weight is 333 g/mol. The Bertz CT molecular complexity index is 384. The minimum absolute atomic E-state index is 0.0646. The molecular weight excluding hydrogens is 312 g/mol. The number of likely N-dealkylation sites (tertiary alicyclic amines) is 1. The van der Waals surface area contributed by atoms with Gasteiger partial charge in [0.05, 0.1) is 12.0 Å². The van der Waals surface area contributed by atoms with Crippen LogP contribution in [0.4, 0.5) is 26.3 Å². The molecule has 2 fully saturated rings. The molecule has 8 heteroatoms. The summed E-state index contributed by atoms with van der Waals surface area (Å²) in [6.45, 7) is 3.38. The minimum Gasteiger partial charge on any atom is -0.367 e. The van der Waals surface area contributed by atoms with Crippen LogP contribution in [0.3, 0.4) is 0 Å². The van der Waals surface area contributed by atoms with Gasteiger partial charge in [-0.25, -0.2) is 0 Å². The molecule has 2 aliphatic heterocycles. The number of ether oxygens (including phenoxy) is 1. The Hall–Kier alpha value is -0.500. The van der Waals surface area contributed by atoms with E-state index < -0.39 is 35.8 Å². The fourth-order valence-corrected chi connectivity index (χ4v) is 3.57. The molecule has 0 saturated carbocycles. The van der Waals surface area contributed by atoms with Gasteiger partial charge < -0.3 is 4.74 Å². The fraction of sp³-hybridized carbons (Fsp3) is 1.00. The SMILES string of the molecule is CC(C)C1(C(F)(F)F)CCN(C2COC(C(F)(F)F)C2)CC1. The molecule has 130 valence electrons. The number of hydrogen-bond donors (Lipinski definition) is 0. The Morgan fingerprint density at radius 2 is 1.59 bits per heavy atom. The van der Waals surface area contributed by atoms with E-state index in [-0.39, 0.29) is 39.0 Å². The first-order chi connectivity index (χ1) is 9.97. The summed E-state index contributed by atoms with van der Waals surface area (Å²) in [5, 5.41) is 0. The lowest BCUT2D eigenvalue weighted by Gasteiger charge is -2.46. The van der Waals surface area contributed by atoms with Crippen molar-refractivity contribution in [3.8, 4) is 0 Å². The van der Waals surface area contributed by atoms with Crippen molar-refractivity contribution in [2.75, 3.05) is 19.7 Å². The van der Waals surface area contributed by atoms with E-state index in [1.54, 1.807) is 18.7 Å². The van der Waals surface area contributed by atoms with Gasteiger partial charge in [0.2, 0.25) is 0 Å². The summed E-state index contributed by atoms with van der Waals surface area (Å²) in [7, 11) is 0. The Morgan fingerprint density at radius 3 is 1.95 bits per heavy atom. The predicted molar refractivity (Wildman–Crippen MR) is 68.3 cm³/mol. The highest BCUT2D eigenvalue weighted by Crippen LogP contribution is 2.51.